The van der Waals surface area contributed by atoms with Gasteiger partial charge in [0.15, 0.2) is 0 Å². The first kappa shape index (κ1) is 12.6. The molecule has 0 bridgehead atoms. The predicted molar refractivity (Wildman–Crippen MR) is 80.6 cm³/mol. The molecule has 0 unspecified atom stereocenters. The number of halogens is 1. The molecule has 0 radical (unpaired) electrons. The van der Waals surface area contributed by atoms with E-state index in [1.165, 1.54) is 23.2 Å². The number of hydrogen-bond donors (Lipinski definition) is 1. The molecule has 0 fully saturated rings. The Morgan fingerprint density at radius 1 is 1.16 bits per heavy atom. The van der Waals surface area contributed by atoms with Gasteiger partial charge in [-0.2, -0.15) is 0 Å². The van der Waals surface area contributed by atoms with E-state index >= 15 is 0 Å². The van der Waals surface area contributed by atoms with Gasteiger partial charge in [-0.05, 0) is 37.0 Å². The molecule has 1 aromatic heterocycles. The van der Waals surface area contributed by atoms with E-state index in [1.807, 2.05) is 7.05 Å². The van der Waals surface area contributed by atoms with Crippen LogP contribution in [0.5, 0.6) is 0 Å². The van der Waals surface area contributed by atoms with Crippen molar-refractivity contribution in [3.63, 3.8) is 0 Å². The van der Waals surface area contributed by atoms with E-state index in [0.717, 1.165) is 35.4 Å². The van der Waals surface area contributed by atoms with Gasteiger partial charge in [0.25, 0.3) is 0 Å². The van der Waals surface area contributed by atoms with Gasteiger partial charge in [-0.1, -0.05) is 28.1 Å². The van der Waals surface area contributed by atoms with E-state index < -0.39 is 0 Å². The van der Waals surface area contributed by atoms with Crippen LogP contribution >= 0.6 is 15.9 Å². The van der Waals surface area contributed by atoms with Crippen LogP contribution in [0.25, 0.3) is 0 Å². The SMILES string of the molecule is CNc1nc(Cc2ccc(Br)cc2)nc2c1CCC2. The predicted octanol–water partition coefficient (Wildman–Crippen LogP) is 3.36. The fourth-order valence-electron chi connectivity index (χ4n) is 2.55. The van der Waals surface area contributed by atoms with Gasteiger partial charge < -0.3 is 5.32 Å². The lowest BCUT2D eigenvalue weighted by Crippen LogP contribution is -2.06. The van der Waals surface area contributed by atoms with Crippen LogP contribution in [0.1, 0.15) is 29.1 Å². The first-order valence-corrected chi connectivity index (χ1v) is 7.36. The molecule has 0 spiro atoms. The van der Waals surface area contributed by atoms with Crippen molar-refractivity contribution in [3.8, 4) is 0 Å². The van der Waals surface area contributed by atoms with Gasteiger partial charge in [0.1, 0.15) is 11.6 Å². The van der Waals surface area contributed by atoms with E-state index in [0.29, 0.717) is 0 Å². The molecule has 0 saturated carbocycles. The molecule has 3 nitrogen and oxygen atoms in total. The summed E-state index contributed by atoms with van der Waals surface area (Å²) in [5.41, 5.74) is 3.77. The topological polar surface area (TPSA) is 37.8 Å². The standard InChI is InChI=1S/C15H16BrN3/c1-17-15-12-3-2-4-13(12)18-14(19-15)9-10-5-7-11(16)8-6-10/h5-8H,2-4,9H2,1H3,(H,17,18,19). The Morgan fingerprint density at radius 2 is 1.95 bits per heavy atom. The smallest absolute Gasteiger partial charge is 0.135 e. The third kappa shape index (κ3) is 2.63. The van der Waals surface area contributed by atoms with Crippen molar-refractivity contribution in [1.82, 2.24) is 9.97 Å². The second-order valence-electron chi connectivity index (χ2n) is 4.82. The summed E-state index contributed by atoms with van der Waals surface area (Å²) in [6.07, 6.45) is 4.17. The van der Waals surface area contributed by atoms with Gasteiger partial charge in [0.2, 0.25) is 0 Å². The molecule has 4 heteroatoms. The van der Waals surface area contributed by atoms with Crippen molar-refractivity contribution in [2.45, 2.75) is 25.7 Å². The Labute approximate surface area is 121 Å². The molecule has 3 rings (SSSR count). The Bertz CT molecular complexity index is 593. The molecule has 19 heavy (non-hydrogen) atoms. The summed E-state index contributed by atoms with van der Waals surface area (Å²) in [7, 11) is 1.93. The van der Waals surface area contributed by atoms with Crippen LogP contribution in [0.15, 0.2) is 28.7 Å². The molecule has 98 valence electrons. The number of rotatable bonds is 3. The molecule has 1 aliphatic carbocycles. The van der Waals surface area contributed by atoms with Crippen molar-refractivity contribution in [2.75, 3.05) is 12.4 Å². The molecular weight excluding hydrogens is 302 g/mol. The molecule has 1 heterocycles. The monoisotopic (exact) mass is 317 g/mol. The summed E-state index contributed by atoms with van der Waals surface area (Å²) in [5, 5.41) is 3.20. The third-order valence-electron chi connectivity index (χ3n) is 3.49. The minimum Gasteiger partial charge on any atom is -0.373 e. The van der Waals surface area contributed by atoms with Crippen LogP contribution in [-0.2, 0) is 19.3 Å². The molecule has 0 amide bonds. The van der Waals surface area contributed by atoms with Crippen LogP contribution in [0, 0.1) is 0 Å². The molecule has 1 N–H and O–H groups in total. The number of nitrogens with one attached hydrogen (secondary N) is 1. The summed E-state index contributed by atoms with van der Waals surface area (Å²) in [5.74, 6) is 1.92. The van der Waals surface area contributed by atoms with Crippen LogP contribution in [-0.4, -0.2) is 17.0 Å². The second-order valence-corrected chi connectivity index (χ2v) is 5.74. The van der Waals surface area contributed by atoms with Gasteiger partial charge in [-0.25, -0.2) is 9.97 Å². The maximum atomic E-state index is 4.72. The molecule has 0 saturated heterocycles. The minimum absolute atomic E-state index is 0.787. The minimum atomic E-state index is 0.787. The number of benzene rings is 1. The maximum Gasteiger partial charge on any atom is 0.135 e. The fraction of sp³-hybridized carbons (Fsp3) is 0.333. The second kappa shape index (κ2) is 5.29. The maximum absolute atomic E-state index is 4.72. The fourth-order valence-corrected chi connectivity index (χ4v) is 2.82. The first-order valence-electron chi connectivity index (χ1n) is 6.57. The van der Waals surface area contributed by atoms with Crippen molar-refractivity contribution in [3.05, 3.63) is 51.4 Å². The van der Waals surface area contributed by atoms with Gasteiger partial charge in [-0.15, -0.1) is 0 Å². The van der Waals surface area contributed by atoms with Crippen molar-refractivity contribution in [1.29, 1.82) is 0 Å². The molecule has 0 aliphatic heterocycles. The summed E-state index contributed by atoms with van der Waals surface area (Å²) in [6, 6.07) is 8.34. The molecular formula is C15H16BrN3. The van der Waals surface area contributed by atoms with Crippen LogP contribution in [0.3, 0.4) is 0 Å². The van der Waals surface area contributed by atoms with Crippen molar-refractivity contribution in [2.24, 2.45) is 0 Å². The van der Waals surface area contributed by atoms with Crippen LogP contribution < -0.4 is 5.32 Å². The highest BCUT2D eigenvalue weighted by Gasteiger charge is 2.18. The van der Waals surface area contributed by atoms with E-state index in [4.69, 9.17) is 4.98 Å². The largest absolute Gasteiger partial charge is 0.373 e. The summed E-state index contributed by atoms with van der Waals surface area (Å²) in [6.45, 7) is 0. The number of fused-ring (bicyclic) bond motifs is 1. The zero-order valence-corrected chi connectivity index (χ0v) is 12.5. The zero-order chi connectivity index (χ0) is 13.2. The summed E-state index contributed by atoms with van der Waals surface area (Å²) in [4.78, 5) is 9.36. The number of anilines is 1. The van der Waals surface area contributed by atoms with Crippen molar-refractivity contribution < 1.29 is 0 Å². The normalized spacial score (nSPS) is 13.4. The third-order valence-corrected chi connectivity index (χ3v) is 4.02. The number of nitrogens with zero attached hydrogens (tertiary/aromatic N) is 2. The quantitative estimate of drug-likeness (QED) is 0.943. The van der Waals surface area contributed by atoms with Gasteiger partial charge >= 0.3 is 0 Å². The van der Waals surface area contributed by atoms with Gasteiger partial charge in [0, 0.05) is 29.2 Å². The number of hydrogen-bond acceptors (Lipinski definition) is 3. The van der Waals surface area contributed by atoms with E-state index in [9.17, 15) is 0 Å². The highest BCUT2D eigenvalue weighted by Crippen LogP contribution is 2.26. The van der Waals surface area contributed by atoms with Gasteiger partial charge in [0.05, 0.1) is 0 Å². The molecule has 1 aliphatic rings. The molecule has 1 aromatic carbocycles. The highest BCUT2D eigenvalue weighted by atomic mass is 79.9. The van der Waals surface area contributed by atoms with Crippen LogP contribution in [0.4, 0.5) is 5.82 Å². The Balaban J connectivity index is 1.91. The Kier molecular flexibility index (Phi) is 3.51. The first-order chi connectivity index (χ1) is 9.26. The number of aryl methyl sites for hydroxylation is 1. The average Bonchev–Trinajstić information content (AvgIpc) is 2.89. The molecule has 0 atom stereocenters. The van der Waals surface area contributed by atoms with E-state index in [1.54, 1.807) is 0 Å². The summed E-state index contributed by atoms with van der Waals surface area (Å²) >= 11 is 3.45. The molecule has 2 aromatic rings. The van der Waals surface area contributed by atoms with Crippen LogP contribution in [0.2, 0.25) is 0 Å². The zero-order valence-electron chi connectivity index (χ0n) is 10.9. The Hall–Kier alpha value is -1.42. The highest BCUT2D eigenvalue weighted by molar-refractivity contribution is 9.10. The van der Waals surface area contributed by atoms with Crippen molar-refractivity contribution >= 4 is 21.7 Å². The average molecular weight is 318 g/mol. The van der Waals surface area contributed by atoms with E-state index in [2.05, 4.69) is 50.5 Å². The summed E-state index contributed by atoms with van der Waals surface area (Å²) < 4.78 is 1.10. The lowest BCUT2D eigenvalue weighted by Gasteiger charge is -2.09. The lowest BCUT2D eigenvalue weighted by atomic mass is 10.1. The van der Waals surface area contributed by atoms with E-state index in [-0.39, 0.29) is 0 Å². The van der Waals surface area contributed by atoms with Gasteiger partial charge in [-0.3, -0.25) is 0 Å². The number of aromatic nitrogens is 2. The Morgan fingerprint density at radius 3 is 2.68 bits per heavy atom. The lowest BCUT2D eigenvalue weighted by molar-refractivity contribution is 0.885.